The third kappa shape index (κ3) is 6.05. The fourth-order valence-corrected chi connectivity index (χ4v) is 2.87. The number of urea groups is 1. The molecule has 31 heavy (non-hydrogen) atoms. The number of carbonyl (C=O) groups is 1. The second-order valence-corrected chi connectivity index (χ2v) is 6.62. The highest BCUT2D eigenvalue weighted by Crippen LogP contribution is 2.25. The standard InChI is InChI=1S/C22H23FN4O4/c1-30-18-12-17(13-19(14-18)31-2)25-22(29)24-10-3-11-27-21(28)9-8-20(26-27)15-4-6-16(23)7-5-15/h4-9,12-14H,3,10-11H2,1-2H3,(H2,24,25,29). The maximum Gasteiger partial charge on any atom is 0.319 e. The van der Waals surface area contributed by atoms with Crippen molar-refractivity contribution in [1.29, 1.82) is 0 Å². The molecule has 0 bridgehead atoms. The third-order valence-corrected chi connectivity index (χ3v) is 4.45. The minimum absolute atomic E-state index is 0.251. The van der Waals surface area contributed by atoms with Crippen molar-refractivity contribution < 1.29 is 18.7 Å². The van der Waals surface area contributed by atoms with Crippen molar-refractivity contribution in [2.24, 2.45) is 0 Å². The van der Waals surface area contributed by atoms with Crippen molar-refractivity contribution in [3.63, 3.8) is 0 Å². The predicted octanol–water partition coefficient (Wildman–Crippen LogP) is 3.28. The van der Waals surface area contributed by atoms with E-state index in [4.69, 9.17) is 9.47 Å². The average molecular weight is 426 g/mol. The first-order valence-corrected chi connectivity index (χ1v) is 9.60. The van der Waals surface area contributed by atoms with Crippen LogP contribution in [-0.4, -0.2) is 36.6 Å². The van der Waals surface area contributed by atoms with Crippen molar-refractivity contribution in [1.82, 2.24) is 15.1 Å². The number of anilines is 1. The number of carbonyl (C=O) groups excluding carboxylic acids is 1. The highest BCUT2D eigenvalue weighted by atomic mass is 19.1. The summed E-state index contributed by atoms with van der Waals surface area (Å²) >= 11 is 0. The van der Waals surface area contributed by atoms with Gasteiger partial charge in [0, 0.05) is 48.6 Å². The Kier molecular flexibility index (Phi) is 7.21. The lowest BCUT2D eigenvalue weighted by atomic mass is 10.1. The summed E-state index contributed by atoms with van der Waals surface area (Å²) in [5.74, 6) is 0.774. The molecular weight excluding hydrogens is 403 g/mol. The number of amides is 2. The number of hydrogen-bond acceptors (Lipinski definition) is 5. The Hall–Kier alpha value is -3.88. The summed E-state index contributed by atoms with van der Waals surface area (Å²) in [4.78, 5) is 24.2. The normalized spacial score (nSPS) is 10.4. The summed E-state index contributed by atoms with van der Waals surface area (Å²) in [5, 5.41) is 9.76. The average Bonchev–Trinajstić information content (AvgIpc) is 2.78. The van der Waals surface area contributed by atoms with Crippen LogP contribution in [0.25, 0.3) is 11.3 Å². The van der Waals surface area contributed by atoms with Crippen LogP contribution in [0.1, 0.15) is 6.42 Å². The summed E-state index contributed by atoms with van der Waals surface area (Å²) < 4.78 is 24.8. The van der Waals surface area contributed by atoms with Crippen LogP contribution in [0.5, 0.6) is 11.5 Å². The van der Waals surface area contributed by atoms with E-state index in [0.29, 0.717) is 48.0 Å². The Morgan fingerprint density at radius 3 is 2.35 bits per heavy atom. The Balaban J connectivity index is 1.54. The number of halogens is 1. The molecule has 162 valence electrons. The number of aryl methyl sites for hydroxylation is 1. The number of nitrogens with zero attached hydrogens (tertiary/aromatic N) is 2. The summed E-state index contributed by atoms with van der Waals surface area (Å²) in [5.41, 5.74) is 1.55. The van der Waals surface area contributed by atoms with E-state index in [-0.39, 0.29) is 11.4 Å². The number of aromatic nitrogens is 2. The van der Waals surface area contributed by atoms with Gasteiger partial charge in [0.05, 0.1) is 19.9 Å². The lowest BCUT2D eigenvalue weighted by Crippen LogP contribution is -2.31. The van der Waals surface area contributed by atoms with Crippen molar-refractivity contribution in [2.45, 2.75) is 13.0 Å². The molecule has 0 spiro atoms. The second kappa shape index (κ2) is 10.2. The van der Waals surface area contributed by atoms with Gasteiger partial charge >= 0.3 is 6.03 Å². The van der Waals surface area contributed by atoms with Crippen LogP contribution in [0.2, 0.25) is 0 Å². The van der Waals surface area contributed by atoms with Gasteiger partial charge in [0.25, 0.3) is 5.56 Å². The lowest BCUT2D eigenvalue weighted by molar-refractivity contribution is 0.251. The highest BCUT2D eigenvalue weighted by Gasteiger charge is 2.07. The zero-order valence-electron chi connectivity index (χ0n) is 17.2. The Labute approximate surface area is 178 Å². The van der Waals surface area contributed by atoms with E-state index >= 15 is 0 Å². The van der Waals surface area contributed by atoms with Gasteiger partial charge in [-0.25, -0.2) is 13.9 Å². The summed E-state index contributed by atoms with van der Waals surface area (Å²) in [6.07, 6.45) is 0.495. The summed E-state index contributed by atoms with van der Waals surface area (Å²) in [6, 6.07) is 13.6. The maximum atomic E-state index is 13.1. The number of benzene rings is 2. The topological polar surface area (TPSA) is 94.5 Å². The minimum atomic E-state index is -0.393. The quantitative estimate of drug-likeness (QED) is 0.539. The lowest BCUT2D eigenvalue weighted by Gasteiger charge is -2.11. The molecular formula is C22H23FN4O4. The van der Waals surface area contributed by atoms with Gasteiger partial charge in [-0.1, -0.05) is 0 Å². The zero-order chi connectivity index (χ0) is 22.2. The van der Waals surface area contributed by atoms with E-state index < -0.39 is 6.03 Å². The van der Waals surface area contributed by atoms with Crippen molar-refractivity contribution in [3.05, 3.63) is 70.8 Å². The van der Waals surface area contributed by atoms with Crippen LogP contribution in [0.3, 0.4) is 0 Å². The summed E-state index contributed by atoms with van der Waals surface area (Å²) in [7, 11) is 3.05. The van der Waals surface area contributed by atoms with Gasteiger partial charge in [0.15, 0.2) is 0 Å². The van der Waals surface area contributed by atoms with Crippen LogP contribution in [0.15, 0.2) is 59.4 Å². The van der Waals surface area contributed by atoms with Gasteiger partial charge in [0.2, 0.25) is 0 Å². The smallest absolute Gasteiger partial charge is 0.319 e. The largest absolute Gasteiger partial charge is 0.497 e. The molecule has 0 aliphatic rings. The van der Waals surface area contributed by atoms with Crippen LogP contribution in [-0.2, 0) is 6.54 Å². The fourth-order valence-electron chi connectivity index (χ4n) is 2.87. The first-order valence-electron chi connectivity index (χ1n) is 9.60. The van der Waals surface area contributed by atoms with E-state index in [1.807, 2.05) is 0 Å². The van der Waals surface area contributed by atoms with E-state index in [1.54, 1.807) is 36.4 Å². The number of methoxy groups -OCH3 is 2. The molecule has 0 fully saturated rings. The molecule has 0 radical (unpaired) electrons. The van der Waals surface area contributed by atoms with E-state index in [2.05, 4.69) is 15.7 Å². The summed E-state index contributed by atoms with van der Waals surface area (Å²) in [6.45, 7) is 0.656. The number of ether oxygens (including phenoxy) is 2. The van der Waals surface area contributed by atoms with Crippen LogP contribution in [0, 0.1) is 5.82 Å². The molecule has 0 unspecified atom stereocenters. The SMILES string of the molecule is COc1cc(NC(=O)NCCCn2nc(-c3ccc(F)cc3)ccc2=O)cc(OC)c1. The van der Waals surface area contributed by atoms with Gasteiger partial charge in [-0.2, -0.15) is 5.10 Å². The molecule has 8 nitrogen and oxygen atoms in total. The molecule has 0 atom stereocenters. The molecule has 3 rings (SSSR count). The fraction of sp³-hybridized carbons (Fsp3) is 0.227. The molecule has 0 saturated heterocycles. The van der Waals surface area contributed by atoms with Gasteiger partial charge in [-0.15, -0.1) is 0 Å². The molecule has 3 aromatic rings. The van der Waals surface area contributed by atoms with Crippen molar-refractivity contribution in [2.75, 3.05) is 26.1 Å². The van der Waals surface area contributed by atoms with Crippen molar-refractivity contribution >= 4 is 11.7 Å². The van der Waals surface area contributed by atoms with Crippen LogP contribution >= 0.6 is 0 Å². The molecule has 2 N–H and O–H groups in total. The van der Waals surface area contributed by atoms with Gasteiger partial charge < -0.3 is 20.1 Å². The maximum absolute atomic E-state index is 13.1. The molecule has 1 heterocycles. The monoisotopic (exact) mass is 426 g/mol. The van der Waals surface area contributed by atoms with Gasteiger partial charge in [0.1, 0.15) is 17.3 Å². The minimum Gasteiger partial charge on any atom is -0.497 e. The number of nitrogens with one attached hydrogen (secondary N) is 2. The predicted molar refractivity (Wildman–Crippen MR) is 115 cm³/mol. The molecule has 2 amide bonds. The molecule has 0 aliphatic carbocycles. The van der Waals surface area contributed by atoms with Crippen LogP contribution < -0.4 is 25.7 Å². The molecule has 0 saturated carbocycles. The molecule has 9 heteroatoms. The Morgan fingerprint density at radius 1 is 1.03 bits per heavy atom. The Morgan fingerprint density at radius 2 is 1.71 bits per heavy atom. The second-order valence-electron chi connectivity index (χ2n) is 6.62. The Bertz CT molecular complexity index is 1080. The highest BCUT2D eigenvalue weighted by molar-refractivity contribution is 5.89. The van der Waals surface area contributed by atoms with Crippen molar-refractivity contribution in [3.8, 4) is 22.8 Å². The van der Waals surface area contributed by atoms with E-state index in [1.165, 1.54) is 37.1 Å². The number of hydrogen-bond donors (Lipinski definition) is 2. The van der Waals surface area contributed by atoms with Crippen LogP contribution in [0.4, 0.5) is 14.9 Å². The van der Waals surface area contributed by atoms with E-state index in [9.17, 15) is 14.0 Å². The first-order chi connectivity index (χ1) is 15.0. The van der Waals surface area contributed by atoms with E-state index in [0.717, 1.165) is 0 Å². The third-order valence-electron chi connectivity index (χ3n) is 4.45. The first kappa shape index (κ1) is 21.8. The molecule has 0 aliphatic heterocycles. The van der Waals surface area contributed by atoms with Gasteiger partial charge in [-0.3, -0.25) is 4.79 Å². The number of rotatable bonds is 8. The zero-order valence-corrected chi connectivity index (χ0v) is 17.2. The van der Waals surface area contributed by atoms with Gasteiger partial charge in [-0.05, 0) is 36.8 Å². The molecule has 2 aromatic carbocycles. The molecule has 1 aromatic heterocycles.